The van der Waals surface area contributed by atoms with E-state index in [4.69, 9.17) is 0 Å². The number of aromatic nitrogens is 2. The number of nitrogens with one attached hydrogen (secondary N) is 1. The molecule has 1 aromatic heterocycles. The van der Waals surface area contributed by atoms with Gasteiger partial charge < -0.3 is 9.88 Å². The van der Waals surface area contributed by atoms with Crippen LogP contribution in [0.2, 0.25) is 0 Å². The highest BCUT2D eigenvalue weighted by Gasteiger charge is 2.05. The molecule has 1 rings (SSSR count). The third-order valence-electron chi connectivity index (χ3n) is 2.57. The molecule has 0 radical (unpaired) electrons. The molecule has 0 aliphatic heterocycles. The molecule has 0 saturated heterocycles. The highest BCUT2D eigenvalue weighted by molar-refractivity contribution is 5.27. The predicted octanol–water partition coefficient (Wildman–Crippen LogP) is 3.28. The van der Waals surface area contributed by atoms with Gasteiger partial charge in [-0.05, 0) is 19.8 Å². The van der Waals surface area contributed by atoms with E-state index in [2.05, 4.69) is 41.8 Å². The number of anilines is 1. The lowest BCUT2D eigenvalue weighted by Gasteiger charge is -2.15. The summed E-state index contributed by atoms with van der Waals surface area (Å²) in [5, 5.41) is 3.45. The molecule has 1 unspecified atom stereocenters. The fourth-order valence-corrected chi connectivity index (χ4v) is 1.68. The Morgan fingerprint density at radius 1 is 1.40 bits per heavy atom. The Balaban J connectivity index is 2.48. The molecule has 1 atom stereocenters. The van der Waals surface area contributed by atoms with Gasteiger partial charge in [-0.1, -0.05) is 26.7 Å². The van der Waals surface area contributed by atoms with Crippen molar-refractivity contribution in [1.82, 2.24) is 9.55 Å². The molecule has 3 heteroatoms. The van der Waals surface area contributed by atoms with Crippen LogP contribution in [0.15, 0.2) is 12.4 Å². The average molecular weight is 209 g/mol. The fraction of sp³-hybridized carbons (Fsp3) is 0.750. The van der Waals surface area contributed by atoms with Crippen LogP contribution in [-0.4, -0.2) is 15.6 Å². The van der Waals surface area contributed by atoms with Crippen LogP contribution in [0.4, 0.5) is 5.95 Å². The maximum Gasteiger partial charge on any atom is 0.202 e. The summed E-state index contributed by atoms with van der Waals surface area (Å²) in [6.07, 6.45) is 8.77. The topological polar surface area (TPSA) is 29.9 Å². The average Bonchev–Trinajstić information content (AvgIpc) is 2.63. The Morgan fingerprint density at radius 3 is 2.87 bits per heavy atom. The summed E-state index contributed by atoms with van der Waals surface area (Å²) in [6.45, 7) is 7.70. The quantitative estimate of drug-likeness (QED) is 0.747. The first-order chi connectivity index (χ1) is 7.27. The lowest BCUT2D eigenvalue weighted by atomic mass is 10.2. The van der Waals surface area contributed by atoms with E-state index in [1.165, 1.54) is 25.7 Å². The lowest BCUT2D eigenvalue weighted by Crippen LogP contribution is -2.18. The summed E-state index contributed by atoms with van der Waals surface area (Å²) in [7, 11) is 0. The van der Waals surface area contributed by atoms with Crippen LogP contribution in [-0.2, 0) is 6.54 Å². The van der Waals surface area contributed by atoms with E-state index in [1.54, 1.807) is 0 Å². The monoisotopic (exact) mass is 209 g/mol. The van der Waals surface area contributed by atoms with Crippen LogP contribution in [0.25, 0.3) is 0 Å². The number of unbranched alkanes of at least 4 members (excludes halogenated alkanes) is 1. The molecular formula is C12H23N3. The first kappa shape index (κ1) is 12.1. The number of hydrogen-bond acceptors (Lipinski definition) is 2. The van der Waals surface area contributed by atoms with Crippen molar-refractivity contribution in [2.24, 2.45) is 0 Å². The number of rotatable bonds is 7. The first-order valence-electron chi connectivity index (χ1n) is 6.05. The van der Waals surface area contributed by atoms with Crippen molar-refractivity contribution in [1.29, 1.82) is 0 Å². The highest BCUT2D eigenvalue weighted by atomic mass is 15.2. The second-order valence-electron chi connectivity index (χ2n) is 4.13. The molecule has 1 N–H and O–H groups in total. The van der Waals surface area contributed by atoms with E-state index in [-0.39, 0.29) is 0 Å². The molecule has 0 bridgehead atoms. The van der Waals surface area contributed by atoms with Crippen molar-refractivity contribution in [2.45, 2.75) is 59.0 Å². The van der Waals surface area contributed by atoms with E-state index in [1.807, 2.05) is 6.20 Å². The maximum atomic E-state index is 4.34. The Labute approximate surface area is 92.9 Å². The fourth-order valence-electron chi connectivity index (χ4n) is 1.68. The maximum absolute atomic E-state index is 4.34. The van der Waals surface area contributed by atoms with Crippen molar-refractivity contribution in [3.05, 3.63) is 12.4 Å². The van der Waals surface area contributed by atoms with Gasteiger partial charge in [-0.2, -0.15) is 0 Å². The molecule has 15 heavy (non-hydrogen) atoms. The standard InChI is InChI=1S/C12H23N3/c1-4-6-9-15-10-8-13-12(15)14-11(3)7-5-2/h8,10-11H,4-7,9H2,1-3H3,(H,13,14). The van der Waals surface area contributed by atoms with E-state index < -0.39 is 0 Å². The Bertz CT molecular complexity index is 268. The SMILES string of the molecule is CCCCn1ccnc1NC(C)CCC. The third-order valence-corrected chi connectivity index (χ3v) is 2.57. The van der Waals surface area contributed by atoms with Gasteiger partial charge in [0.15, 0.2) is 0 Å². The summed E-state index contributed by atoms with van der Waals surface area (Å²) in [5.41, 5.74) is 0. The van der Waals surface area contributed by atoms with Crippen molar-refractivity contribution >= 4 is 5.95 Å². The Morgan fingerprint density at radius 2 is 2.20 bits per heavy atom. The molecule has 0 aliphatic rings. The normalized spacial score (nSPS) is 12.7. The molecule has 86 valence electrons. The minimum absolute atomic E-state index is 0.512. The highest BCUT2D eigenvalue weighted by Crippen LogP contribution is 2.09. The van der Waals surface area contributed by atoms with Gasteiger partial charge in [-0.15, -0.1) is 0 Å². The van der Waals surface area contributed by atoms with Gasteiger partial charge >= 0.3 is 0 Å². The van der Waals surface area contributed by atoms with Gasteiger partial charge in [-0.25, -0.2) is 4.98 Å². The van der Waals surface area contributed by atoms with Gasteiger partial charge in [0.2, 0.25) is 5.95 Å². The van der Waals surface area contributed by atoms with Crippen LogP contribution >= 0.6 is 0 Å². The smallest absolute Gasteiger partial charge is 0.202 e. The minimum Gasteiger partial charge on any atom is -0.353 e. The Hall–Kier alpha value is -0.990. The van der Waals surface area contributed by atoms with Gasteiger partial charge in [0.1, 0.15) is 0 Å². The number of hydrogen-bond donors (Lipinski definition) is 1. The molecule has 1 heterocycles. The summed E-state index contributed by atoms with van der Waals surface area (Å²) < 4.78 is 2.20. The van der Waals surface area contributed by atoms with Crippen LogP contribution < -0.4 is 5.32 Å². The zero-order valence-electron chi connectivity index (χ0n) is 10.2. The molecule has 0 aliphatic carbocycles. The molecular weight excluding hydrogens is 186 g/mol. The van der Waals surface area contributed by atoms with Gasteiger partial charge in [0.25, 0.3) is 0 Å². The van der Waals surface area contributed by atoms with E-state index in [0.29, 0.717) is 6.04 Å². The van der Waals surface area contributed by atoms with Crippen LogP contribution in [0.1, 0.15) is 46.5 Å². The molecule has 0 aromatic carbocycles. The molecule has 0 fully saturated rings. The number of nitrogens with zero attached hydrogens (tertiary/aromatic N) is 2. The van der Waals surface area contributed by atoms with E-state index in [0.717, 1.165) is 12.5 Å². The van der Waals surface area contributed by atoms with Crippen LogP contribution in [0.5, 0.6) is 0 Å². The predicted molar refractivity (Wildman–Crippen MR) is 65.1 cm³/mol. The summed E-state index contributed by atoms with van der Waals surface area (Å²) in [5.74, 6) is 1.02. The van der Waals surface area contributed by atoms with Crippen molar-refractivity contribution < 1.29 is 0 Å². The largest absolute Gasteiger partial charge is 0.353 e. The van der Waals surface area contributed by atoms with E-state index >= 15 is 0 Å². The number of imidazole rings is 1. The molecule has 1 aromatic rings. The van der Waals surface area contributed by atoms with Gasteiger partial charge in [0.05, 0.1) is 0 Å². The van der Waals surface area contributed by atoms with Gasteiger partial charge in [0, 0.05) is 25.0 Å². The molecule has 0 saturated carbocycles. The van der Waals surface area contributed by atoms with Crippen molar-refractivity contribution in [3.63, 3.8) is 0 Å². The van der Waals surface area contributed by atoms with Crippen LogP contribution in [0, 0.1) is 0 Å². The van der Waals surface area contributed by atoms with Crippen LogP contribution in [0.3, 0.4) is 0 Å². The number of aryl methyl sites for hydroxylation is 1. The zero-order chi connectivity index (χ0) is 11.1. The first-order valence-corrected chi connectivity index (χ1v) is 6.05. The summed E-state index contributed by atoms with van der Waals surface area (Å²) in [4.78, 5) is 4.34. The molecule has 0 amide bonds. The molecule has 0 spiro atoms. The van der Waals surface area contributed by atoms with Crippen molar-refractivity contribution in [2.75, 3.05) is 5.32 Å². The second kappa shape index (κ2) is 6.49. The lowest BCUT2D eigenvalue weighted by molar-refractivity contribution is 0.620. The van der Waals surface area contributed by atoms with Gasteiger partial charge in [-0.3, -0.25) is 0 Å². The molecule has 3 nitrogen and oxygen atoms in total. The minimum atomic E-state index is 0.512. The van der Waals surface area contributed by atoms with E-state index in [9.17, 15) is 0 Å². The summed E-state index contributed by atoms with van der Waals surface area (Å²) in [6, 6.07) is 0.512. The van der Waals surface area contributed by atoms with Crippen molar-refractivity contribution in [3.8, 4) is 0 Å². The third kappa shape index (κ3) is 3.94. The Kier molecular flexibility index (Phi) is 5.22. The summed E-state index contributed by atoms with van der Waals surface area (Å²) >= 11 is 0. The second-order valence-corrected chi connectivity index (χ2v) is 4.13. The zero-order valence-corrected chi connectivity index (χ0v) is 10.2.